The van der Waals surface area contributed by atoms with Crippen molar-refractivity contribution in [2.45, 2.75) is 56.3 Å². The molecule has 1 unspecified atom stereocenters. The Labute approximate surface area is 275 Å². The number of carboxylic acids is 1. The molecule has 4 heterocycles. The molecule has 2 aromatic heterocycles. The molecule has 6 rings (SSSR count). The van der Waals surface area contributed by atoms with Crippen LogP contribution in [0.2, 0.25) is 0 Å². The molecule has 0 radical (unpaired) electrons. The van der Waals surface area contributed by atoms with Gasteiger partial charge in [0, 0.05) is 43.7 Å². The van der Waals surface area contributed by atoms with Gasteiger partial charge >= 0.3 is 12.1 Å². The number of aromatic nitrogens is 4. The molecular weight excluding hydrogens is 649 g/mol. The summed E-state index contributed by atoms with van der Waals surface area (Å²) in [5, 5.41) is 16.9. The van der Waals surface area contributed by atoms with Crippen LogP contribution in [-0.4, -0.2) is 77.4 Å². The Balaban J connectivity index is 1.31. The van der Waals surface area contributed by atoms with Crippen LogP contribution >= 0.6 is 0 Å². The Bertz CT molecular complexity index is 1940. The van der Waals surface area contributed by atoms with E-state index in [9.17, 15) is 31.5 Å². The predicted molar refractivity (Wildman–Crippen MR) is 171 cm³/mol. The van der Waals surface area contributed by atoms with Crippen LogP contribution in [0.25, 0.3) is 16.8 Å². The van der Waals surface area contributed by atoms with E-state index in [1.165, 1.54) is 35.0 Å². The summed E-state index contributed by atoms with van der Waals surface area (Å²) >= 11 is 0. The lowest BCUT2D eigenvalue weighted by molar-refractivity contribution is -0.198. The molecule has 0 amide bonds. The first kappa shape index (κ1) is 33.4. The third-order valence-corrected chi connectivity index (χ3v) is 10.2. The van der Waals surface area contributed by atoms with Crippen LogP contribution in [0, 0.1) is 19.3 Å². The van der Waals surface area contributed by atoms with Crippen LogP contribution in [0.1, 0.15) is 42.4 Å². The summed E-state index contributed by atoms with van der Waals surface area (Å²) < 4.78 is 75.5. The summed E-state index contributed by atoms with van der Waals surface area (Å²) in [4.78, 5) is 22.2. The normalized spacial score (nSPS) is 18.6. The number of piperidine rings is 1. The molecule has 0 saturated carbocycles. The highest BCUT2D eigenvalue weighted by Crippen LogP contribution is 2.42. The molecule has 2 fully saturated rings. The largest absolute Gasteiger partial charge is 0.480 e. The number of hydrogen-bond acceptors (Lipinski definition) is 9. The van der Waals surface area contributed by atoms with Crippen LogP contribution in [-0.2, 0) is 14.6 Å². The fourth-order valence-corrected chi connectivity index (χ4v) is 7.08. The van der Waals surface area contributed by atoms with Crippen LogP contribution in [0.5, 0.6) is 5.88 Å². The average molecular weight is 685 g/mol. The molecule has 1 spiro atoms. The van der Waals surface area contributed by atoms with Crippen molar-refractivity contribution in [3.8, 4) is 22.7 Å². The van der Waals surface area contributed by atoms with Crippen molar-refractivity contribution in [2.75, 3.05) is 30.8 Å². The van der Waals surface area contributed by atoms with E-state index < -0.39 is 34.1 Å². The molecule has 2 saturated heterocycles. The van der Waals surface area contributed by atoms with Crippen molar-refractivity contribution < 1.29 is 36.2 Å². The number of sulfone groups is 1. The number of anilines is 1. The SMILES string of the molecule is Cc1ccn(-c2cc(-c3ccc(S(C)(=O)=O)cc3)ccc2C(Oc2cc(N3CCC4(CC3)CN[C@H](C(=O)O)C4)nc(C)n2)C(F)(F)F)n1. The standard InChI is InChI=1S/C33H35F3N6O5S/c1-20-10-13-42(40-20)27-16-23(22-4-7-24(8-5-22)48(3,45)46)6-9-25(27)30(33(34,35)36)47-29-17-28(38-21(2)39-29)41-14-11-32(12-15-41)18-26(31(43)44)37-19-32/h4-10,13,16-17,26,30,37H,11-12,14-15,18-19H2,1-3H3,(H,43,44)/t26-,30?/m0/s1. The summed E-state index contributed by atoms with van der Waals surface area (Å²) in [5.74, 6) is -0.431. The number of alkyl halides is 3. The summed E-state index contributed by atoms with van der Waals surface area (Å²) in [6, 6.07) is 13.0. The van der Waals surface area contributed by atoms with Gasteiger partial charge in [-0.1, -0.05) is 24.3 Å². The smallest absolute Gasteiger partial charge is 0.429 e. The van der Waals surface area contributed by atoms with Crippen molar-refractivity contribution >= 4 is 21.6 Å². The van der Waals surface area contributed by atoms with Gasteiger partial charge in [-0.25, -0.2) is 18.1 Å². The number of halogens is 3. The van der Waals surface area contributed by atoms with Gasteiger partial charge in [-0.15, -0.1) is 0 Å². The van der Waals surface area contributed by atoms with Crippen molar-refractivity contribution in [3.63, 3.8) is 0 Å². The fourth-order valence-electron chi connectivity index (χ4n) is 6.44. The molecular formula is C33H35F3N6O5S. The second-order valence-electron chi connectivity index (χ2n) is 12.6. The maximum Gasteiger partial charge on any atom is 0.429 e. The van der Waals surface area contributed by atoms with E-state index in [2.05, 4.69) is 20.4 Å². The number of carbonyl (C=O) groups is 1. The first-order valence-corrected chi connectivity index (χ1v) is 17.3. The van der Waals surface area contributed by atoms with E-state index in [1.807, 2.05) is 4.90 Å². The Morgan fingerprint density at radius 2 is 1.73 bits per heavy atom. The number of aryl methyl sites for hydroxylation is 2. The van der Waals surface area contributed by atoms with Gasteiger partial charge in [-0.3, -0.25) is 4.79 Å². The van der Waals surface area contributed by atoms with Crippen LogP contribution < -0.4 is 15.0 Å². The lowest BCUT2D eigenvalue weighted by atomic mass is 9.76. The summed E-state index contributed by atoms with van der Waals surface area (Å²) in [6.07, 6.45) is -2.64. The minimum Gasteiger partial charge on any atom is -0.480 e. The number of carboxylic acid groups (broad SMARTS) is 1. The molecule has 15 heteroatoms. The summed E-state index contributed by atoms with van der Waals surface area (Å²) in [6.45, 7) is 5.03. The molecule has 254 valence electrons. The number of nitrogens with zero attached hydrogens (tertiary/aromatic N) is 5. The Morgan fingerprint density at radius 3 is 2.31 bits per heavy atom. The van der Waals surface area contributed by atoms with E-state index in [0.29, 0.717) is 61.5 Å². The van der Waals surface area contributed by atoms with Crippen LogP contribution in [0.4, 0.5) is 19.0 Å². The Morgan fingerprint density at radius 1 is 1.04 bits per heavy atom. The molecule has 2 aliphatic heterocycles. The highest BCUT2D eigenvalue weighted by atomic mass is 32.2. The maximum atomic E-state index is 14.9. The van der Waals surface area contributed by atoms with E-state index >= 15 is 0 Å². The molecule has 4 aromatic rings. The van der Waals surface area contributed by atoms with Crippen molar-refractivity contribution in [1.29, 1.82) is 0 Å². The number of hydrogen-bond donors (Lipinski definition) is 2. The van der Waals surface area contributed by atoms with Crippen molar-refractivity contribution in [3.05, 3.63) is 77.9 Å². The number of ether oxygens (including phenoxy) is 1. The van der Waals surface area contributed by atoms with E-state index in [1.54, 1.807) is 44.3 Å². The van der Waals surface area contributed by atoms with Gasteiger partial charge in [-0.2, -0.15) is 23.3 Å². The van der Waals surface area contributed by atoms with E-state index in [0.717, 1.165) is 6.26 Å². The predicted octanol–water partition coefficient (Wildman–Crippen LogP) is 5.07. The molecule has 2 N–H and O–H groups in total. The van der Waals surface area contributed by atoms with Crippen molar-refractivity contribution in [2.24, 2.45) is 5.41 Å². The highest BCUT2D eigenvalue weighted by molar-refractivity contribution is 7.90. The zero-order valence-corrected chi connectivity index (χ0v) is 27.3. The minimum absolute atomic E-state index is 0.127. The van der Waals surface area contributed by atoms with Crippen molar-refractivity contribution in [1.82, 2.24) is 25.1 Å². The maximum absolute atomic E-state index is 14.9. The third kappa shape index (κ3) is 7.02. The van der Waals surface area contributed by atoms with Gasteiger partial charge < -0.3 is 20.1 Å². The van der Waals surface area contributed by atoms with E-state index in [-0.39, 0.29) is 33.3 Å². The first-order chi connectivity index (χ1) is 22.6. The van der Waals surface area contributed by atoms with Gasteiger partial charge in [0.15, 0.2) is 9.84 Å². The second kappa shape index (κ2) is 12.5. The van der Waals surface area contributed by atoms with Crippen LogP contribution in [0.15, 0.2) is 65.7 Å². The molecule has 2 atom stereocenters. The fraction of sp³-hybridized carbons (Fsp3) is 0.394. The molecule has 2 aromatic carbocycles. The van der Waals surface area contributed by atoms with Gasteiger partial charge in [0.05, 0.1) is 16.3 Å². The molecule has 11 nitrogen and oxygen atoms in total. The minimum atomic E-state index is -4.84. The molecule has 0 aliphatic carbocycles. The second-order valence-corrected chi connectivity index (χ2v) is 14.6. The number of benzene rings is 2. The quantitative estimate of drug-likeness (QED) is 0.259. The van der Waals surface area contributed by atoms with E-state index in [4.69, 9.17) is 4.74 Å². The Kier molecular flexibility index (Phi) is 8.70. The topological polar surface area (TPSA) is 140 Å². The van der Waals surface area contributed by atoms with Gasteiger partial charge in [0.1, 0.15) is 17.7 Å². The number of nitrogens with one attached hydrogen (secondary N) is 1. The van der Waals surface area contributed by atoms with Gasteiger partial charge in [0.2, 0.25) is 12.0 Å². The monoisotopic (exact) mass is 684 g/mol. The third-order valence-electron chi connectivity index (χ3n) is 9.04. The summed E-state index contributed by atoms with van der Waals surface area (Å²) in [7, 11) is -3.43. The zero-order valence-electron chi connectivity index (χ0n) is 26.5. The van der Waals surface area contributed by atoms with Crippen LogP contribution in [0.3, 0.4) is 0 Å². The molecule has 48 heavy (non-hydrogen) atoms. The summed E-state index contributed by atoms with van der Waals surface area (Å²) in [5.41, 5.74) is 1.55. The lowest BCUT2D eigenvalue weighted by Gasteiger charge is -2.39. The molecule has 2 aliphatic rings. The number of aliphatic carboxylic acids is 1. The average Bonchev–Trinajstić information content (AvgIpc) is 3.65. The zero-order chi connectivity index (χ0) is 34.4. The van der Waals surface area contributed by atoms with Gasteiger partial charge in [0.25, 0.3) is 0 Å². The first-order valence-electron chi connectivity index (χ1n) is 15.4. The van der Waals surface area contributed by atoms with Gasteiger partial charge in [-0.05, 0) is 73.9 Å². The lowest BCUT2D eigenvalue weighted by Crippen LogP contribution is -2.41. The molecule has 0 bridgehead atoms. The number of rotatable bonds is 8. The highest BCUT2D eigenvalue weighted by Gasteiger charge is 2.46. The Hall–Kier alpha value is -4.50.